The van der Waals surface area contributed by atoms with Crippen molar-refractivity contribution < 1.29 is 331 Å². The minimum atomic E-state index is -6.49. The summed E-state index contributed by atoms with van der Waals surface area (Å²) in [5.74, 6) is -3.10. The molecule has 20 nitrogen and oxygen atoms in total. The van der Waals surface area contributed by atoms with Gasteiger partial charge in [-0.2, -0.15) is 0 Å². The fourth-order valence-electron chi connectivity index (χ4n) is 4.00. The number of ether oxygens (including phenoxy) is 2. The fraction of sp³-hybridized carbons (Fsp3) is 0.300. The number of carbonyl (C=O) groups is 2. The van der Waals surface area contributed by atoms with Crippen molar-refractivity contribution >= 4 is 43.2 Å². The second-order valence-electron chi connectivity index (χ2n) is 8.54. The Bertz CT molecular complexity index is 1440. The first-order valence-electron chi connectivity index (χ1n) is 11.5. The van der Waals surface area contributed by atoms with Crippen molar-refractivity contribution in [3.8, 4) is 0 Å². The third-order valence-electron chi connectivity index (χ3n) is 5.45. The quantitative estimate of drug-likeness (QED) is 0.108. The maximum absolute atomic E-state index is 12.9. The van der Waals surface area contributed by atoms with Crippen molar-refractivity contribution in [1.29, 1.82) is 0 Å². The molecule has 1 saturated carbocycles. The van der Waals surface area contributed by atoms with Gasteiger partial charge in [-0.05, 0) is 24.3 Å². The molecular formula is C20H16Na8O20P4. The number of benzene rings is 2. The van der Waals surface area contributed by atoms with Crippen LogP contribution in [0.3, 0.4) is 0 Å². The van der Waals surface area contributed by atoms with E-state index in [0.717, 1.165) is 24.3 Å². The van der Waals surface area contributed by atoms with Crippen LogP contribution in [-0.2, 0) is 45.8 Å². The average Bonchev–Trinajstić information content (AvgIpc) is 2.88. The molecule has 0 N–H and O–H groups in total. The molecule has 0 radical (unpaired) electrons. The minimum Gasteiger partial charge on any atom is -0.790 e. The monoisotopic (exact) mass is 884 g/mol. The number of hydrogen-bond acceptors (Lipinski definition) is 20. The van der Waals surface area contributed by atoms with E-state index >= 15 is 0 Å². The molecule has 0 spiro atoms. The van der Waals surface area contributed by atoms with Crippen molar-refractivity contribution in [2.45, 2.75) is 36.6 Å². The summed E-state index contributed by atoms with van der Waals surface area (Å²) in [4.78, 5) is 119. The first-order valence-corrected chi connectivity index (χ1v) is 17.3. The average molecular weight is 884 g/mol. The van der Waals surface area contributed by atoms with Crippen LogP contribution in [0.5, 0.6) is 0 Å². The van der Waals surface area contributed by atoms with Crippen LogP contribution in [0.15, 0.2) is 60.7 Å². The summed E-state index contributed by atoms with van der Waals surface area (Å²) >= 11 is 0. The molecule has 3 rings (SSSR count). The van der Waals surface area contributed by atoms with Crippen molar-refractivity contribution in [3.63, 3.8) is 0 Å². The van der Waals surface area contributed by atoms with Gasteiger partial charge in [-0.15, -0.1) is 0 Å². The summed E-state index contributed by atoms with van der Waals surface area (Å²) in [5.41, 5.74) is -0.805. The number of esters is 2. The second kappa shape index (κ2) is 30.8. The van der Waals surface area contributed by atoms with Gasteiger partial charge >= 0.3 is 248 Å². The van der Waals surface area contributed by atoms with Crippen molar-refractivity contribution in [3.05, 3.63) is 71.8 Å². The van der Waals surface area contributed by atoms with Gasteiger partial charge in [0.2, 0.25) is 0 Å². The summed E-state index contributed by atoms with van der Waals surface area (Å²) < 4.78 is 73.5. The van der Waals surface area contributed by atoms with Gasteiger partial charge in [0.05, 0.1) is 42.4 Å². The van der Waals surface area contributed by atoms with E-state index in [9.17, 15) is 67.0 Å². The van der Waals surface area contributed by atoms with E-state index in [4.69, 9.17) is 9.47 Å². The number of rotatable bonds is 12. The van der Waals surface area contributed by atoms with E-state index in [0.29, 0.717) is 0 Å². The van der Waals surface area contributed by atoms with Gasteiger partial charge in [0.1, 0.15) is 24.4 Å². The molecule has 0 heterocycles. The predicted molar refractivity (Wildman–Crippen MR) is 121 cm³/mol. The zero-order valence-electron chi connectivity index (χ0n) is 29.2. The van der Waals surface area contributed by atoms with Crippen molar-refractivity contribution in [2.24, 2.45) is 0 Å². The van der Waals surface area contributed by atoms with Crippen LogP contribution in [0.25, 0.3) is 0 Å². The summed E-state index contributed by atoms with van der Waals surface area (Å²) in [6.07, 6.45) is -18.1. The molecule has 0 bridgehead atoms. The minimum absolute atomic E-state index is 0. The van der Waals surface area contributed by atoms with Crippen LogP contribution in [-0.4, -0.2) is 48.6 Å². The fourth-order valence-corrected chi connectivity index (χ4v) is 6.15. The van der Waals surface area contributed by atoms with Gasteiger partial charge in [-0.3, -0.25) is 0 Å². The first-order chi connectivity index (χ1) is 20.1. The Kier molecular flexibility index (Phi) is 41.2. The van der Waals surface area contributed by atoms with Crippen LogP contribution in [0.1, 0.15) is 20.7 Å². The molecular weight excluding hydrogens is 868 g/mol. The van der Waals surface area contributed by atoms with Gasteiger partial charge in [0.15, 0.2) is 12.2 Å². The van der Waals surface area contributed by atoms with Crippen LogP contribution in [0, 0.1) is 0 Å². The van der Waals surface area contributed by atoms with Crippen molar-refractivity contribution in [2.75, 3.05) is 0 Å². The molecule has 2 unspecified atom stereocenters. The Labute approximate surface area is 473 Å². The number of carbonyl (C=O) groups excluding carboxylic acids is 2. The summed E-state index contributed by atoms with van der Waals surface area (Å²) in [7, 11) is -25.9. The predicted octanol–water partition coefficient (Wildman–Crippen LogP) is -28.7. The van der Waals surface area contributed by atoms with Crippen molar-refractivity contribution in [1.82, 2.24) is 0 Å². The van der Waals surface area contributed by atoms with Crippen LogP contribution in [0.4, 0.5) is 0 Å². The molecule has 2 aromatic carbocycles. The van der Waals surface area contributed by atoms with Gasteiger partial charge in [0, 0.05) is 0 Å². The summed E-state index contributed by atoms with van der Waals surface area (Å²) in [5, 5.41) is 0. The summed E-state index contributed by atoms with van der Waals surface area (Å²) in [6.45, 7) is 0. The van der Waals surface area contributed by atoms with E-state index in [1.807, 2.05) is 0 Å². The molecule has 244 valence electrons. The number of phosphoric ester groups is 4. The second-order valence-corrected chi connectivity index (χ2v) is 13.0. The molecule has 52 heavy (non-hydrogen) atoms. The molecule has 1 aliphatic rings. The Morgan fingerprint density at radius 1 is 0.385 bits per heavy atom. The van der Waals surface area contributed by atoms with Crippen LogP contribution < -0.4 is 276 Å². The number of phosphoric acid groups is 4. The Balaban J connectivity index is -0.000000661. The normalized spacial score (nSPS) is 21.0. The maximum atomic E-state index is 12.9. The molecule has 2 aromatic rings. The standard InChI is InChI=1S/C20H24O20P4.8Na/c21-19(11-7-3-1-4-8-11)35-13-15(37-41(23,24)25)14(36-20(22)12-9-5-2-6-10-12)17(39-43(29,30)31)18(40-44(32,33)34)16(13)38-42(26,27)28;;;;;;;;/h1-10,13-18H,(H2,23,24,25)(H2,26,27,28)(H2,29,30,31)(H2,32,33,34);;;;;;;;/q;8*+1/p-8/t13-,14+,15?,16-,17-,18?;;;;;;;;/m1......../s1. The van der Waals surface area contributed by atoms with E-state index in [2.05, 4.69) is 18.1 Å². The van der Waals surface area contributed by atoms with E-state index in [-0.39, 0.29) is 236 Å². The smallest absolute Gasteiger partial charge is 0.790 e. The Hall–Kier alpha value is 5.82. The maximum Gasteiger partial charge on any atom is 1.00 e. The molecule has 1 fully saturated rings. The topological polar surface area (TPSA) is 342 Å². The third kappa shape index (κ3) is 25.1. The Morgan fingerprint density at radius 3 is 0.788 bits per heavy atom. The van der Waals surface area contributed by atoms with Gasteiger partial charge in [-0.25, -0.2) is 9.59 Å². The third-order valence-corrected chi connectivity index (χ3v) is 7.46. The molecule has 1 aliphatic carbocycles. The first kappa shape index (κ1) is 69.5. The van der Waals surface area contributed by atoms with Crippen LogP contribution in [0.2, 0.25) is 0 Å². The molecule has 0 aliphatic heterocycles. The van der Waals surface area contributed by atoms with Gasteiger partial charge in [-0.1, -0.05) is 36.4 Å². The van der Waals surface area contributed by atoms with E-state index in [1.165, 1.54) is 36.4 Å². The Morgan fingerprint density at radius 2 is 0.577 bits per heavy atom. The van der Waals surface area contributed by atoms with Gasteiger partial charge in [0.25, 0.3) is 0 Å². The number of hydrogen-bond donors (Lipinski definition) is 0. The van der Waals surface area contributed by atoms with E-state index in [1.54, 1.807) is 0 Å². The van der Waals surface area contributed by atoms with Gasteiger partial charge < -0.3 is 85.0 Å². The largest absolute Gasteiger partial charge is 1.00 e. The molecule has 0 amide bonds. The molecule has 0 aromatic heterocycles. The molecule has 0 saturated heterocycles. The van der Waals surface area contributed by atoms with E-state index < -0.39 is 91.0 Å². The zero-order valence-corrected chi connectivity index (χ0v) is 48.8. The zero-order chi connectivity index (χ0) is 33.1. The SMILES string of the molecule is O=C(O[C@@H]1C(OP(=O)([O-])[O-])[C@H](OC(=O)c2ccccc2)[C@@H](OP(=O)([O-])[O-])C(OP(=O)([O-])[O-])[C@@H]1OP(=O)([O-])[O-])c1ccccc1.[Na+].[Na+].[Na+].[Na+].[Na+].[Na+].[Na+].[Na+]. The summed E-state index contributed by atoms with van der Waals surface area (Å²) in [6, 6.07) is 12.1. The molecule has 6 atom stereocenters. The molecule has 32 heteroatoms. The van der Waals surface area contributed by atoms with Crippen LogP contribution >= 0.6 is 31.3 Å².